The molecular weight excluding hydrogens is 282 g/mol. The fraction of sp³-hybridized carbons (Fsp3) is 0.429. The van der Waals surface area contributed by atoms with Crippen LogP contribution >= 0.6 is 11.6 Å². The SMILES string of the molecule is CCCC(NC(=O)CCOc1ccccc1Cl)C(=O)O. The average Bonchev–Trinajstić information content (AvgIpc) is 2.40. The van der Waals surface area contributed by atoms with Gasteiger partial charge < -0.3 is 15.2 Å². The van der Waals surface area contributed by atoms with Crippen LogP contribution in [0.1, 0.15) is 26.2 Å². The summed E-state index contributed by atoms with van der Waals surface area (Å²) in [6, 6.07) is 6.12. The van der Waals surface area contributed by atoms with Gasteiger partial charge in [-0.3, -0.25) is 4.79 Å². The third-order valence-corrected chi connectivity index (χ3v) is 2.95. The molecule has 1 amide bonds. The minimum atomic E-state index is -1.02. The first-order valence-corrected chi connectivity index (χ1v) is 6.82. The van der Waals surface area contributed by atoms with Crippen LogP contribution < -0.4 is 10.1 Å². The van der Waals surface area contributed by atoms with Crippen LogP contribution in [0.4, 0.5) is 0 Å². The summed E-state index contributed by atoms with van der Waals surface area (Å²) in [5, 5.41) is 11.9. The molecule has 5 nitrogen and oxygen atoms in total. The molecule has 0 saturated heterocycles. The van der Waals surface area contributed by atoms with Gasteiger partial charge in [0.25, 0.3) is 0 Å². The highest BCUT2D eigenvalue weighted by atomic mass is 35.5. The Balaban J connectivity index is 2.36. The lowest BCUT2D eigenvalue weighted by molar-refractivity contribution is -0.142. The van der Waals surface area contributed by atoms with Crippen molar-refractivity contribution in [2.75, 3.05) is 6.61 Å². The molecule has 110 valence electrons. The Hall–Kier alpha value is -1.75. The molecule has 1 aromatic carbocycles. The molecule has 0 aliphatic heterocycles. The van der Waals surface area contributed by atoms with Gasteiger partial charge in [0.2, 0.25) is 5.91 Å². The number of hydrogen-bond donors (Lipinski definition) is 2. The number of ether oxygens (including phenoxy) is 1. The molecule has 6 heteroatoms. The second kappa shape index (κ2) is 8.43. The van der Waals surface area contributed by atoms with E-state index in [1.807, 2.05) is 6.92 Å². The Morgan fingerprint density at radius 1 is 1.40 bits per heavy atom. The smallest absolute Gasteiger partial charge is 0.326 e. The maximum absolute atomic E-state index is 11.6. The van der Waals surface area contributed by atoms with Crippen LogP contribution in [0, 0.1) is 0 Å². The summed E-state index contributed by atoms with van der Waals surface area (Å²) in [4.78, 5) is 22.5. The first-order chi connectivity index (χ1) is 9.54. The Labute approximate surface area is 122 Å². The summed E-state index contributed by atoms with van der Waals surface area (Å²) in [7, 11) is 0. The van der Waals surface area contributed by atoms with E-state index in [0.717, 1.165) is 0 Å². The Kier molecular flexibility index (Phi) is 6.87. The first kappa shape index (κ1) is 16.3. The number of benzene rings is 1. The number of nitrogens with one attached hydrogen (secondary N) is 1. The average molecular weight is 300 g/mol. The summed E-state index contributed by atoms with van der Waals surface area (Å²) >= 11 is 5.90. The fourth-order valence-electron chi connectivity index (χ4n) is 1.63. The monoisotopic (exact) mass is 299 g/mol. The number of hydrogen-bond acceptors (Lipinski definition) is 3. The second-order valence-electron chi connectivity index (χ2n) is 4.28. The lowest BCUT2D eigenvalue weighted by Gasteiger charge is -2.13. The van der Waals surface area contributed by atoms with Gasteiger partial charge in [0.15, 0.2) is 0 Å². The molecule has 0 bridgehead atoms. The number of carboxylic acids is 1. The molecule has 1 unspecified atom stereocenters. The Morgan fingerprint density at radius 3 is 2.70 bits per heavy atom. The molecule has 0 aromatic heterocycles. The molecule has 0 spiro atoms. The third kappa shape index (κ3) is 5.48. The van der Waals surface area contributed by atoms with Crippen molar-refractivity contribution in [1.29, 1.82) is 0 Å². The molecule has 0 fully saturated rings. The molecule has 1 atom stereocenters. The van der Waals surface area contributed by atoms with Gasteiger partial charge in [0, 0.05) is 0 Å². The van der Waals surface area contributed by atoms with Crippen molar-refractivity contribution in [2.24, 2.45) is 0 Å². The fourth-order valence-corrected chi connectivity index (χ4v) is 1.82. The molecule has 0 radical (unpaired) electrons. The Morgan fingerprint density at radius 2 is 2.10 bits per heavy atom. The van der Waals surface area contributed by atoms with Crippen molar-refractivity contribution in [3.63, 3.8) is 0 Å². The van der Waals surface area contributed by atoms with Crippen LogP contribution in [0.5, 0.6) is 5.75 Å². The lowest BCUT2D eigenvalue weighted by atomic mass is 10.1. The van der Waals surface area contributed by atoms with Gasteiger partial charge in [0.05, 0.1) is 18.1 Å². The van der Waals surface area contributed by atoms with E-state index in [0.29, 0.717) is 23.6 Å². The number of rotatable bonds is 8. The Bertz CT molecular complexity index is 464. The molecule has 0 heterocycles. The predicted octanol–water partition coefficient (Wildman–Crippen LogP) is 2.48. The molecule has 0 aliphatic rings. The van der Waals surface area contributed by atoms with Crippen LogP contribution in [-0.4, -0.2) is 29.6 Å². The normalized spacial score (nSPS) is 11.7. The number of halogens is 1. The summed E-state index contributed by atoms with van der Waals surface area (Å²) in [5.41, 5.74) is 0. The van der Waals surface area contributed by atoms with E-state index in [1.165, 1.54) is 0 Å². The highest BCUT2D eigenvalue weighted by molar-refractivity contribution is 6.32. The van der Waals surface area contributed by atoms with Crippen LogP contribution in [0.25, 0.3) is 0 Å². The van der Waals surface area contributed by atoms with Gasteiger partial charge in [-0.05, 0) is 18.6 Å². The topological polar surface area (TPSA) is 75.6 Å². The van der Waals surface area contributed by atoms with Gasteiger partial charge in [-0.2, -0.15) is 0 Å². The van der Waals surface area contributed by atoms with Crippen molar-refractivity contribution in [1.82, 2.24) is 5.32 Å². The molecular formula is C14H18ClNO4. The van der Waals surface area contributed by atoms with Crippen molar-refractivity contribution < 1.29 is 19.4 Å². The van der Waals surface area contributed by atoms with E-state index in [1.54, 1.807) is 24.3 Å². The summed E-state index contributed by atoms with van der Waals surface area (Å²) in [6.45, 7) is 2.01. The van der Waals surface area contributed by atoms with Crippen molar-refractivity contribution in [3.8, 4) is 5.75 Å². The standard InChI is InChI=1S/C14H18ClNO4/c1-2-5-11(14(18)19)16-13(17)8-9-20-12-7-4-3-6-10(12)15/h3-4,6-7,11H,2,5,8-9H2,1H3,(H,16,17)(H,18,19). The minimum Gasteiger partial charge on any atom is -0.491 e. The molecule has 20 heavy (non-hydrogen) atoms. The highest BCUT2D eigenvalue weighted by Crippen LogP contribution is 2.22. The van der Waals surface area contributed by atoms with E-state index >= 15 is 0 Å². The number of carbonyl (C=O) groups is 2. The second-order valence-corrected chi connectivity index (χ2v) is 4.68. The maximum Gasteiger partial charge on any atom is 0.326 e. The molecule has 1 rings (SSSR count). The quantitative estimate of drug-likeness (QED) is 0.773. The van der Waals surface area contributed by atoms with Gasteiger partial charge >= 0.3 is 5.97 Å². The summed E-state index contributed by atoms with van der Waals surface area (Å²) < 4.78 is 5.37. The predicted molar refractivity (Wildman–Crippen MR) is 76.0 cm³/mol. The zero-order valence-electron chi connectivity index (χ0n) is 11.3. The van der Waals surface area contributed by atoms with E-state index in [4.69, 9.17) is 21.4 Å². The van der Waals surface area contributed by atoms with E-state index in [-0.39, 0.29) is 18.9 Å². The maximum atomic E-state index is 11.6. The number of aliphatic carboxylic acids is 1. The van der Waals surface area contributed by atoms with Gasteiger partial charge in [-0.1, -0.05) is 37.1 Å². The van der Waals surface area contributed by atoms with Crippen LogP contribution in [-0.2, 0) is 9.59 Å². The number of amides is 1. The largest absolute Gasteiger partial charge is 0.491 e. The summed E-state index contributed by atoms with van der Waals surface area (Å²) in [6.07, 6.45) is 1.18. The zero-order chi connectivity index (χ0) is 15.0. The van der Waals surface area contributed by atoms with Crippen LogP contribution in [0.3, 0.4) is 0 Å². The number of carboxylic acid groups (broad SMARTS) is 1. The number of carbonyl (C=O) groups excluding carboxylic acids is 1. The van der Waals surface area contributed by atoms with E-state index < -0.39 is 12.0 Å². The third-order valence-electron chi connectivity index (χ3n) is 2.63. The van der Waals surface area contributed by atoms with Crippen molar-refractivity contribution in [2.45, 2.75) is 32.2 Å². The lowest BCUT2D eigenvalue weighted by Crippen LogP contribution is -2.41. The molecule has 1 aromatic rings. The highest BCUT2D eigenvalue weighted by Gasteiger charge is 2.18. The summed E-state index contributed by atoms with van der Waals surface area (Å²) in [5.74, 6) is -0.865. The van der Waals surface area contributed by atoms with Crippen LogP contribution in [0.2, 0.25) is 5.02 Å². The zero-order valence-corrected chi connectivity index (χ0v) is 12.0. The van der Waals surface area contributed by atoms with E-state index in [2.05, 4.69) is 5.32 Å². The van der Waals surface area contributed by atoms with E-state index in [9.17, 15) is 9.59 Å². The number of para-hydroxylation sites is 1. The molecule has 0 saturated carbocycles. The van der Waals surface area contributed by atoms with Crippen LogP contribution in [0.15, 0.2) is 24.3 Å². The first-order valence-electron chi connectivity index (χ1n) is 6.44. The van der Waals surface area contributed by atoms with Gasteiger partial charge in [-0.25, -0.2) is 4.79 Å². The van der Waals surface area contributed by atoms with Crippen molar-refractivity contribution in [3.05, 3.63) is 29.3 Å². The van der Waals surface area contributed by atoms with Crippen molar-refractivity contribution >= 4 is 23.5 Å². The van der Waals surface area contributed by atoms with Gasteiger partial charge in [-0.15, -0.1) is 0 Å². The van der Waals surface area contributed by atoms with Gasteiger partial charge in [0.1, 0.15) is 11.8 Å². The molecule has 0 aliphatic carbocycles. The minimum absolute atomic E-state index is 0.0821. The molecule has 2 N–H and O–H groups in total.